The zero-order valence-electron chi connectivity index (χ0n) is 10.9. The van der Waals surface area contributed by atoms with E-state index in [-0.39, 0.29) is 11.8 Å². The number of nitrogens with one attached hydrogen (secondary N) is 1. The fourth-order valence-corrected chi connectivity index (χ4v) is 3.52. The van der Waals surface area contributed by atoms with Crippen LogP contribution in [0.5, 0.6) is 0 Å². The minimum atomic E-state index is -4.52. The van der Waals surface area contributed by atoms with Gasteiger partial charge in [-0.05, 0) is 18.3 Å². The third kappa shape index (κ3) is 2.32. The molecule has 21 heavy (non-hydrogen) atoms. The van der Waals surface area contributed by atoms with Gasteiger partial charge >= 0.3 is 6.18 Å². The van der Waals surface area contributed by atoms with E-state index in [1.807, 2.05) is 12.2 Å². The number of carbonyl (C=O) groups excluding carboxylic acids is 3. The van der Waals surface area contributed by atoms with E-state index in [0.717, 1.165) is 11.3 Å². The number of halogens is 3. The van der Waals surface area contributed by atoms with Crippen LogP contribution in [0.25, 0.3) is 0 Å². The summed E-state index contributed by atoms with van der Waals surface area (Å²) in [5, 5.41) is 1.67. The summed E-state index contributed by atoms with van der Waals surface area (Å²) in [6.45, 7) is -2.11. The highest BCUT2D eigenvalue weighted by Gasteiger charge is 2.59. The van der Waals surface area contributed by atoms with Crippen molar-refractivity contribution in [2.24, 2.45) is 23.7 Å². The minimum Gasteiger partial charge on any atom is -0.345 e. The maximum absolute atomic E-state index is 12.2. The topological polar surface area (TPSA) is 66.5 Å². The van der Waals surface area contributed by atoms with Gasteiger partial charge < -0.3 is 5.32 Å². The summed E-state index contributed by atoms with van der Waals surface area (Å²) < 4.78 is 36.0. The molecule has 0 unspecified atom stereocenters. The van der Waals surface area contributed by atoms with E-state index < -0.39 is 48.8 Å². The van der Waals surface area contributed by atoms with Crippen LogP contribution in [0.3, 0.4) is 0 Å². The van der Waals surface area contributed by atoms with Crippen LogP contribution in [0.4, 0.5) is 13.2 Å². The summed E-state index contributed by atoms with van der Waals surface area (Å²) in [6.07, 6.45) is 0.0591. The van der Waals surface area contributed by atoms with E-state index >= 15 is 0 Å². The van der Waals surface area contributed by atoms with Crippen LogP contribution in [0, 0.1) is 23.7 Å². The molecule has 2 bridgehead atoms. The Labute approximate surface area is 118 Å². The van der Waals surface area contributed by atoms with E-state index in [9.17, 15) is 27.6 Å². The number of likely N-dealkylation sites (tertiary alicyclic amines) is 1. The maximum atomic E-state index is 12.2. The Hall–Kier alpha value is -1.86. The SMILES string of the molecule is O=C(CN1C(=O)[C@H]2[C@H](C1=O)[C@H]1C=C[C@H]2C1)NCC(F)(F)F. The fourth-order valence-electron chi connectivity index (χ4n) is 3.52. The molecular weight excluding hydrogens is 289 g/mol. The van der Waals surface area contributed by atoms with Crippen LogP contribution < -0.4 is 5.32 Å². The number of hydrogen-bond acceptors (Lipinski definition) is 3. The van der Waals surface area contributed by atoms with Gasteiger partial charge in [0.25, 0.3) is 0 Å². The van der Waals surface area contributed by atoms with Gasteiger partial charge in [-0.2, -0.15) is 13.2 Å². The molecule has 1 saturated carbocycles. The molecule has 2 aliphatic carbocycles. The first-order chi connectivity index (χ1) is 9.78. The maximum Gasteiger partial charge on any atom is 0.405 e. The molecule has 114 valence electrons. The second-order valence-electron chi connectivity index (χ2n) is 5.65. The van der Waals surface area contributed by atoms with Gasteiger partial charge in [-0.1, -0.05) is 12.2 Å². The number of allylic oxidation sites excluding steroid dienone is 2. The van der Waals surface area contributed by atoms with Crippen molar-refractivity contribution in [1.29, 1.82) is 0 Å². The summed E-state index contributed by atoms with van der Waals surface area (Å²) in [5.41, 5.74) is 0. The average Bonchev–Trinajstić information content (AvgIpc) is 3.05. The summed E-state index contributed by atoms with van der Waals surface area (Å²) >= 11 is 0. The van der Waals surface area contributed by atoms with Gasteiger partial charge in [-0.25, -0.2) is 0 Å². The molecule has 1 N–H and O–H groups in total. The molecule has 4 atom stereocenters. The molecule has 1 aliphatic heterocycles. The number of carbonyl (C=O) groups is 3. The van der Waals surface area contributed by atoms with Crippen molar-refractivity contribution in [3.63, 3.8) is 0 Å². The van der Waals surface area contributed by atoms with Crippen molar-refractivity contribution in [2.45, 2.75) is 12.6 Å². The Morgan fingerprint density at radius 3 is 2.19 bits per heavy atom. The summed E-state index contributed by atoms with van der Waals surface area (Å²) in [5.74, 6) is -2.72. The lowest BCUT2D eigenvalue weighted by Gasteiger charge is -2.17. The average molecular weight is 302 g/mol. The number of imide groups is 1. The molecular formula is C13H13F3N2O3. The van der Waals surface area contributed by atoms with E-state index in [1.165, 1.54) is 0 Å². The van der Waals surface area contributed by atoms with Gasteiger partial charge in [-0.3, -0.25) is 19.3 Å². The van der Waals surface area contributed by atoms with Crippen LogP contribution in [-0.4, -0.2) is 41.9 Å². The molecule has 3 aliphatic rings. The predicted molar refractivity (Wildman–Crippen MR) is 63.5 cm³/mol. The van der Waals surface area contributed by atoms with Crippen LogP contribution in [0.15, 0.2) is 12.2 Å². The summed E-state index contributed by atoms with van der Waals surface area (Å²) in [6, 6.07) is 0. The monoisotopic (exact) mass is 302 g/mol. The molecule has 1 saturated heterocycles. The number of rotatable bonds is 3. The molecule has 0 spiro atoms. The molecule has 8 heteroatoms. The number of alkyl halides is 3. The largest absolute Gasteiger partial charge is 0.405 e. The Kier molecular flexibility index (Phi) is 3.07. The quantitative estimate of drug-likeness (QED) is 0.609. The zero-order valence-corrected chi connectivity index (χ0v) is 10.9. The molecule has 0 aromatic rings. The second kappa shape index (κ2) is 4.57. The van der Waals surface area contributed by atoms with E-state index in [1.54, 1.807) is 5.32 Å². The lowest BCUT2D eigenvalue weighted by atomic mass is 9.85. The number of nitrogens with zero attached hydrogens (tertiary/aromatic N) is 1. The van der Waals surface area contributed by atoms with Gasteiger partial charge in [0.05, 0.1) is 11.8 Å². The number of amides is 3. The molecule has 3 amide bonds. The number of fused-ring (bicyclic) bond motifs is 5. The van der Waals surface area contributed by atoms with Crippen LogP contribution in [0.2, 0.25) is 0 Å². The van der Waals surface area contributed by atoms with Gasteiger partial charge in [0.2, 0.25) is 17.7 Å². The fraction of sp³-hybridized carbons (Fsp3) is 0.615. The highest BCUT2D eigenvalue weighted by molar-refractivity contribution is 6.08. The lowest BCUT2D eigenvalue weighted by Crippen LogP contribution is -2.44. The normalized spacial score (nSPS) is 33.8. The molecule has 3 rings (SSSR count). The molecule has 5 nitrogen and oxygen atoms in total. The highest BCUT2D eigenvalue weighted by atomic mass is 19.4. The van der Waals surface area contributed by atoms with Gasteiger partial charge in [0.1, 0.15) is 13.1 Å². The van der Waals surface area contributed by atoms with Crippen molar-refractivity contribution in [3.05, 3.63) is 12.2 Å². The standard InChI is InChI=1S/C13H13F3N2O3/c14-13(15,16)5-17-8(19)4-18-11(20)9-6-1-2-7(3-6)10(9)12(18)21/h1-2,6-7,9-10H,3-5H2,(H,17,19)/t6-,7-,9+,10+/m0/s1. The van der Waals surface area contributed by atoms with Crippen molar-refractivity contribution in [3.8, 4) is 0 Å². The number of hydrogen-bond donors (Lipinski definition) is 1. The van der Waals surface area contributed by atoms with E-state index in [4.69, 9.17) is 0 Å². The Balaban J connectivity index is 1.64. The Bertz CT molecular complexity index is 513. The first kappa shape index (κ1) is 14.1. The van der Waals surface area contributed by atoms with Crippen LogP contribution in [0.1, 0.15) is 6.42 Å². The van der Waals surface area contributed by atoms with Crippen molar-refractivity contribution in [2.75, 3.05) is 13.1 Å². The van der Waals surface area contributed by atoms with Gasteiger partial charge in [-0.15, -0.1) is 0 Å². The summed E-state index contributed by atoms with van der Waals surface area (Å²) in [4.78, 5) is 36.6. The third-order valence-electron chi connectivity index (χ3n) is 4.35. The molecule has 0 aromatic carbocycles. The van der Waals surface area contributed by atoms with Crippen LogP contribution >= 0.6 is 0 Å². The van der Waals surface area contributed by atoms with Crippen LogP contribution in [-0.2, 0) is 14.4 Å². The predicted octanol–water partition coefficient (Wildman–Crippen LogP) is 0.472. The van der Waals surface area contributed by atoms with Crippen molar-refractivity contribution in [1.82, 2.24) is 10.2 Å². The summed E-state index contributed by atoms with van der Waals surface area (Å²) in [7, 11) is 0. The third-order valence-corrected chi connectivity index (χ3v) is 4.35. The second-order valence-corrected chi connectivity index (χ2v) is 5.65. The van der Waals surface area contributed by atoms with Crippen molar-refractivity contribution < 1.29 is 27.6 Å². The lowest BCUT2D eigenvalue weighted by molar-refractivity contribution is -0.146. The Morgan fingerprint density at radius 2 is 1.71 bits per heavy atom. The first-order valence-electron chi connectivity index (χ1n) is 6.65. The van der Waals surface area contributed by atoms with Gasteiger partial charge in [0.15, 0.2) is 0 Å². The molecule has 1 heterocycles. The first-order valence-corrected chi connectivity index (χ1v) is 6.65. The zero-order chi connectivity index (χ0) is 15.4. The van der Waals surface area contributed by atoms with Crippen molar-refractivity contribution >= 4 is 17.7 Å². The molecule has 2 fully saturated rings. The smallest absolute Gasteiger partial charge is 0.345 e. The molecule has 0 radical (unpaired) electrons. The van der Waals surface area contributed by atoms with E-state index in [0.29, 0.717) is 0 Å². The highest BCUT2D eigenvalue weighted by Crippen LogP contribution is 2.52. The minimum absolute atomic E-state index is 0.0136. The molecule has 0 aromatic heterocycles. The van der Waals surface area contributed by atoms with E-state index in [2.05, 4.69) is 0 Å². The Morgan fingerprint density at radius 1 is 1.19 bits per heavy atom. The van der Waals surface area contributed by atoms with Gasteiger partial charge in [0, 0.05) is 0 Å².